The molecule has 1 heterocycles. The molecule has 1 aliphatic carbocycles. The molecule has 1 saturated heterocycles. The molecule has 2 aliphatic rings. The Bertz CT molecular complexity index is 1260. The number of hydrogen-bond donors (Lipinski definition) is 2. The van der Waals surface area contributed by atoms with Gasteiger partial charge in [-0.25, -0.2) is 0 Å². The molecular formula is C34H47NO5SSi. The van der Waals surface area contributed by atoms with Gasteiger partial charge in [0.05, 0.1) is 24.3 Å². The maximum atomic E-state index is 12.9. The number of Topliss-reactive ketones (excluding diaryl/α,β-unsaturated/α-hetero) is 1. The lowest BCUT2D eigenvalue weighted by atomic mass is 9.75. The number of ether oxygens (including phenoxy) is 1. The van der Waals surface area contributed by atoms with E-state index in [0.717, 1.165) is 0 Å². The van der Waals surface area contributed by atoms with Crippen molar-refractivity contribution in [2.45, 2.75) is 90.0 Å². The first kappa shape index (κ1) is 32.7. The van der Waals surface area contributed by atoms with E-state index in [1.54, 1.807) is 6.92 Å². The molecule has 0 saturated carbocycles. The predicted molar refractivity (Wildman–Crippen MR) is 175 cm³/mol. The van der Waals surface area contributed by atoms with Crippen LogP contribution in [0.5, 0.6) is 0 Å². The van der Waals surface area contributed by atoms with E-state index in [1.807, 2.05) is 39.2 Å². The van der Waals surface area contributed by atoms with Gasteiger partial charge in [0.1, 0.15) is 17.3 Å². The zero-order valence-corrected chi connectivity index (χ0v) is 28.1. The van der Waals surface area contributed by atoms with Crippen molar-refractivity contribution in [2.24, 2.45) is 16.3 Å². The number of ketones is 1. The SMILES string of the molecule is CSC1OC(CO[Si](c2ccccc2)(c2ccccc2)C(C)(C)C)[C@H](O)[C@H](C)[C@H]1N=C(C)C1=C(O)CC(C)(C)CC1=O. The van der Waals surface area contributed by atoms with Gasteiger partial charge in [-0.2, -0.15) is 0 Å². The van der Waals surface area contributed by atoms with Crippen molar-refractivity contribution in [3.05, 3.63) is 72.0 Å². The van der Waals surface area contributed by atoms with Crippen LogP contribution in [0.4, 0.5) is 0 Å². The molecule has 0 spiro atoms. The first-order chi connectivity index (χ1) is 19.7. The molecule has 8 heteroatoms. The number of carbonyl (C=O) groups excluding carboxylic acids is 1. The quantitative estimate of drug-likeness (QED) is 0.296. The number of allylic oxidation sites excluding steroid dienone is 2. The molecule has 42 heavy (non-hydrogen) atoms. The highest BCUT2D eigenvalue weighted by atomic mass is 32.2. The van der Waals surface area contributed by atoms with E-state index in [2.05, 4.69) is 69.3 Å². The number of aliphatic hydroxyl groups is 2. The minimum Gasteiger partial charge on any atom is -0.511 e. The van der Waals surface area contributed by atoms with Gasteiger partial charge in [0, 0.05) is 24.5 Å². The van der Waals surface area contributed by atoms with E-state index in [0.29, 0.717) is 24.1 Å². The Kier molecular flexibility index (Phi) is 9.95. The lowest BCUT2D eigenvalue weighted by Gasteiger charge is -2.46. The second-order valence-corrected chi connectivity index (χ2v) is 18.8. The van der Waals surface area contributed by atoms with Crippen LogP contribution in [-0.4, -0.2) is 66.6 Å². The molecule has 6 nitrogen and oxygen atoms in total. The third-order valence-electron chi connectivity index (χ3n) is 8.72. The second kappa shape index (κ2) is 12.8. The van der Waals surface area contributed by atoms with Gasteiger partial charge in [-0.1, -0.05) is 102 Å². The van der Waals surface area contributed by atoms with Crippen LogP contribution in [0.15, 0.2) is 77.0 Å². The zero-order valence-electron chi connectivity index (χ0n) is 26.3. The van der Waals surface area contributed by atoms with E-state index < -0.39 is 20.5 Å². The maximum Gasteiger partial charge on any atom is 0.261 e. The van der Waals surface area contributed by atoms with Crippen molar-refractivity contribution in [3.8, 4) is 0 Å². The van der Waals surface area contributed by atoms with E-state index in [1.165, 1.54) is 22.1 Å². The number of hydrogen-bond acceptors (Lipinski definition) is 7. The van der Waals surface area contributed by atoms with Crippen LogP contribution in [0.25, 0.3) is 0 Å². The second-order valence-electron chi connectivity index (χ2n) is 13.6. The summed E-state index contributed by atoms with van der Waals surface area (Å²) in [5.74, 6) is -0.247. The first-order valence-corrected chi connectivity index (χ1v) is 18.0. The molecule has 2 unspecified atom stereocenters. The average Bonchev–Trinajstić information content (AvgIpc) is 2.92. The molecular weight excluding hydrogens is 563 g/mol. The molecule has 228 valence electrons. The molecule has 0 aromatic heterocycles. The Morgan fingerprint density at radius 2 is 1.62 bits per heavy atom. The van der Waals surface area contributed by atoms with Crippen molar-refractivity contribution in [3.63, 3.8) is 0 Å². The van der Waals surface area contributed by atoms with Crippen molar-refractivity contribution in [1.82, 2.24) is 0 Å². The summed E-state index contributed by atoms with van der Waals surface area (Å²) in [5.41, 5.74) is 0.196. The molecule has 2 aromatic carbocycles. The molecule has 1 fully saturated rings. The summed E-state index contributed by atoms with van der Waals surface area (Å²) in [6.07, 6.45) is 1.41. The largest absolute Gasteiger partial charge is 0.511 e. The van der Waals surface area contributed by atoms with Crippen LogP contribution < -0.4 is 10.4 Å². The third-order valence-corrected chi connectivity index (χ3v) is 14.6. The summed E-state index contributed by atoms with van der Waals surface area (Å²) >= 11 is 1.54. The molecule has 2 aromatic rings. The minimum atomic E-state index is -2.81. The minimum absolute atomic E-state index is 0.0905. The summed E-state index contributed by atoms with van der Waals surface area (Å²) in [7, 11) is -2.81. The van der Waals surface area contributed by atoms with Crippen LogP contribution in [-0.2, 0) is 14.0 Å². The van der Waals surface area contributed by atoms with E-state index in [4.69, 9.17) is 14.2 Å². The standard InChI is InChI=1S/C34H47NO5SSi/c1-22-30(35-23(2)29-26(36)19-34(6,7)20-27(29)37)32(41-8)40-28(31(22)38)21-39-42(33(3,4)5,24-15-11-9-12-16-24)25-17-13-10-14-18-25/h9-18,22,28,30-32,36,38H,19-21H2,1-8H3/t22-,28?,30-,31-,32?/m1/s1. The topological polar surface area (TPSA) is 88.3 Å². The Hall–Kier alpha value is -2.23. The smallest absolute Gasteiger partial charge is 0.261 e. The monoisotopic (exact) mass is 609 g/mol. The van der Waals surface area contributed by atoms with Gasteiger partial charge < -0.3 is 19.4 Å². The van der Waals surface area contributed by atoms with Gasteiger partial charge in [0.2, 0.25) is 0 Å². The normalized spacial score (nSPS) is 27.3. The number of thioether (sulfide) groups is 1. The highest BCUT2D eigenvalue weighted by Crippen LogP contribution is 2.40. The Morgan fingerprint density at radius 3 is 2.10 bits per heavy atom. The van der Waals surface area contributed by atoms with Gasteiger partial charge in [0.25, 0.3) is 8.32 Å². The fourth-order valence-corrected chi connectivity index (χ4v) is 12.0. The lowest BCUT2D eigenvalue weighted by Crippen LogP contribution is -2.67. The van der Waals surface area contributed by atoms with Crippen LogP contribution in [0.3, 0.4) is 0 Å². The predicted octanol–water partition coefficient (Wildman–Crippen LogP) is 5.68. The summed E-state index contributed by atoms with van der Waals surface area (Å²) in [6, 6.07) is 20.5. The summed E-state index contributed by atoms with van der Waals surface area (Å²) in [4.78, 5) is 17.9. The number of aliphatic hydroxyl groups excluding tert-OH is 2. The summed E-state index contributed by atoms with van der Waals surface area (Å²) in [5, 5.41) is 24.5. The van der Waals surface area contributed by atoms with E-state index >= 15 is 0 Å². The number of carbonyl (C=O) groups is 1. The molecule has 0 amide bonds. The lowest BCUT2D eigenvalue weighted by molar-refractivity contribution is -0.135. The van der Waals surface area contributed by atoms with Gasteiger partial charge in [-0.15, -0.1) is 11.8 Å². The van der Waals surface area contributed by atoms with Gasteiger partial charge >= 0.3 is 0 Å². The van der Waals surface area contributed by atoms with Crippen molar-refractivity contribution < 1.29 is 24.2 Å². The highest BCUT2D eigenvalue weighted by Gasteiger charge is 2.52. The highest BCUT2D eigenvalue weighted by molar-refractivity contribution is 7.99. The Balaban J connectivity index is 1.63. The van der Waals surface area contributed by atoms with Crippen molar-refractivity contribution in [1.29, 1.82) is 0 Å². The van der Waals surface area contributed by atoms with Crippen LogP contribution in [0, 0.1) is 11.3 Å². The molecule has 2 N–H and O–H groups in total. The fourth-order valence-electron chi connectivity index (χ4n) is 6.59. The van der Waals surface area contributed by atoms with E-state index in [-0.39, 0.29) is 46.0 Å². The van der Waals surface area contributed by atoms with Crippen molar-refractivity contribution >= 4 is 41.9 Å². The Labute approximate surface area is 256 Å². The number of aliphatic imine (C=N–C) groups is 1. The molecule has 4 rings (SSSR count). The molecule has 1 aliphatic heterocycles. The molecule has 0 bridgehead atoms. The number of benzene rings is 2. The molecule has 5 atom stereocenters. The van der Waals surface area contributed by atoms with Gasteiger partial charge in [-0.05, 0) is 34.0 Å². The maximum absolute atomic E-state index is 12.9. The van der Waals surface area contributed by atoms with Crippen LogP contribution >= 0.6 is 11.8 Å². The third kappa shape index (κ3) is 6.48. The molecule has 0 radical (unpaired) electrons. The number of nitrogens with zero attached hydrogens (tertiary/aromatic N) is 1. The van der Waals surface area contributed by atoms with Gasteiger partial charge in [0.15, 0.2) is 5.78 Å². The zero-order chi connectivity index (χ0) is 30.9. The van der Waals surface area contributed by atoms with E-state index in [9.17, 15) is 15.0 Å². The van der Waals surface area contributed by atoms with Crippen molar-refractivity contribution in [2.75, 3.05) is 12.9 Å². The average molecular weight is 610 g/mol. The Morgan fingerprint density at radius 1 is 1.07 bits per heavy atom. The summed E-state index contributed by atoms with van der Waals surface area (Å²) < 4.78 is 13.6. The summed E-state index contributed by atoms with van der Waals surface area (Å²) in [6.45, 7) is 14.7. The first-order valence-electron chi connectivity index (χ1n) is 14.8. The van der Waals surface area contributed by atoms with Crippen LogP contribution in [0.1, 0.15) is 61.3 Å². The van der Waals surface area contributed by atoms with Gasteiger partial charge in [-0.3, -0.25) is 9.79 Å². The number of rotatable bonds is 8. The fraction of sp³-hybridized carbons (Fsp3) is 0.529. The van der Waals surface area contributed by atoms with Crippen LogP contribution in [0.2, 0.25) is 5.04 Å².